The molecule has 0 atom stereocenters. The van der Waals surface area contributed by atoms with E-state index in [-0.39, 0.29) is 30.1 Å². The molecule has 0 spiro atoms. The Hall–Kier alpha value is -3.44. The number of rotatable bonds is 6. The molecule has 0 radical (unpaired) electrons. The van der Waals surface area contributed by atoms with Crippen LogP contribution < -0.4 is 9.64 Å². The Morgan fingerprint density at radius 2 is 2.07 bits per heavy atom. The number of aryl methyl sites for hydroxylation is 2. The standard InChI is InChI=1S/C17H22N6O6/c1-4-27-17(24)28-12-5-7-22(8-6-12)15-14(23(25)26)16(19-10-18-15)29-13-9-11(2)20-21(13)3/h9-10,12H,4-8H2,1-3H3. The quantitative estimate of drug-likeness (QED) is 0.399. The molecule has 0 amide bonds. The summed E-state index contributed by atoms with van der Waals surface area (Å²) in [7, 11) is 1.67. The molecule has 0 aromatic carbocycles. The van der Waals surface area contributed by atoms with Gasteiger partial charge >= 0.3 is 17.7 Å². The topological polar surface area (TPSA) is 135 Å². The second kappa shape index (κ2) is 8.71. The molecule has 0 unspecified atom stereocenters. The number of nitrogens with zero attached hydrogens (tertiary/aromatic N) is 6. The Balaban J connectivity index is 1.77. The van der Waals surface area contributed by atoms with E-state index in [4.69, 9.17) is 14.2 Å². The van der Waals surface area contributed by atoms with Crippen molar-refractivity contribution < 1.29 is 23.9 Å². The summed E-state index contributed by atoms with van der Waals surface area (Å²) >= 11 is 0. The van der Waals surface area contributed by atoms with Crippen molar-refractivity contribution >= 4 is 17.7 Å². The summed E-state index contributed by atoms with van der Waals surface area (Å²) in [4.78, 5) is 32.5. The lowest BCUT2D eigenvalue weighted by atomic mass is 10.1. The molecule has 1 aliphatic heterocycles. The molecule has 0 saturated carbocycles. The highest BCUT2D eigenvalue weighted by Gasteiger charge is 2.32. The van der Waals surface area contributed by atoms with Gasteiger partial charge in [-0.1, -0.05) is 0 Å². The van der Waals surface area contributed by atoms with E-state index in [2.05, 4.69) is 15.1 Å². The predicted octanol–water partition coefficient (Wildman–Crippen LogP) is 2.36. The number of hydrogen-bond donors (Lipinski definition) is 0. The number of nitro groups is 1. The number of ether oxygens (including phenoxy) is 3. The molecule has 2 aromatic rings. The van der Waals surface area contributed by atoms with E-state index in [9.17, 15) is 14.9 Å². The molecule has 0 N–H and O–H groups in total. The van der Waals surface area contributed by atoms with Crippen LogP contribution in [-0.2, 0) is 16.5 Å². The van der Waals surface area contributed by atoms with Gasteiger partial charge in [0.05, 0.1) is 17.2 Å². The van der Waals surface area contributed by atoms with Gasteiger partial charge in [-0.05, 0) is 13.8 Å². The SMILES string of the molecule is CCOC(=O)OC1CCN(c2ncnc(Oc3cc(C)nn3C)c2[N+](=O)[O-])CC1. The molecule has 0 aliphatic carbocycles. The van der Waals surface area contributed by atoms with Crippen molar-refractivity contribution in [2.45, 2.75) is 32.8 Å². The number of carbonyl (C=O) groups excluding carboxylic acids is 1. The van der Waals surface area contributed by atoms with Crippen molar-refractivity contribution in [1.29, 1.82) is 0 Å². The van der Waals surface area contributed by atoms with Gasteiger partial charge in [0, 0.05) is 39.0 Å². The summed E-state index contributed by atoms with van der Waals surface area (Å²) in [6.07, 6.45) is 1.21. The van der Waals surface area contributed by atoms with Gasteiger partial charge < -0.3 is 19.1 Å². The lowest BCUT2D eigenvalue weighted by molar-refractivity contribution is -0.385. The maximum atomic E-state index is 11.8. The fourth-order valence-corrected chi connectivity index (χ4v) is 3.07. The summed E-state index contributed by atoms with van der Waals surface area (Å²) in [5.74, 6) is 0.332. The van der Waals surface area contributed by atoms with Gasteiger partial charge in [-0.2, -0.15) is 10.1 Å². The molecule has 29 heavy (non-hydrogen) atoms. The number of carbonyl (C=O) groups is 1. The van der Waals surface area contributed by atoms with E-state index in [0.717, 1.165) is 0 Å². The van der Waals surface area contributed by atoms with Crippen LogP contribution in [0.25, 0.3) is 0 Å². The van der Waals surface area contributed by atoms with Gasteiger partial charge in [-0.25, -0.2) is 14.5 Å². The van der Waals surface area contributed by atoms with Crippen molar-refractivity contribution in [3.05, 3.63) is 28.2 Å². The zero-order valence-corrected chi connectivity index (χ0v) is 16.4. The van der Waals surface area contributed by atoms with Crippen LogP contribution in [0.5, 0.6) is 11.8 Å². The fourth-order valence-electron chi connectivity index (χ4n) is 3.07. The molecule has 12 heteroatoms. The summed E-state index contributed by atoms with van der Waals surface area (Å²) in [6.45, 7) is 4.57. The van der Waals surface area contributed by atoms with Crippen LogP contribution in [0.2, 0.25) is 0 Å². The van der Waals surface area contributed by atoms with Crippen molar-refractivity contribution in [3.8, 4) is 11.8 Å². The van der Waals surface area contributed by atoms with Crippen LogP contribution in [0, 0.1) is 17.0 Å². The van der Waals surface area contributed by atoms with Crippen LogP contribution in [-0.4, -0.2) is 56.6 Å². The van der Waals surface area contributed by atoms with E-state index in [0.29, 0.717) is 37.5 Å². The van der Waals surface area contributed by atoms with E-state index in [1.165, 1.54) is 11.0 Å². The highest BCUT2D eigenvalue weighted by Crippen LogP contribution is 2.37. The van der Waals surface area contributed by atoms with Gasteiger partial charge in [0.15, 0.2) is 0 Å². The van der Waals surface area contributed by atoms with E-state index in [1.807, 2.05) is 0 Å². The Labute approximate surface area is 166 Å². The first-order chi connectivity index (χ1) is 13.9. The minimum absolute atomic E-state index is 0.159. The van der Waals surface area contributed by atoms with Crippen LogP contribution in [0.15, 0.2) is 12.4 Å². The molecule has 1 aliphatic rings. The van der Waals surface area contributed by atoms with Crippen molar-refractivity contribution in [2.75, 3.05) is 24.6 Å². The largest absolute Gasteiger partial charge is 0.508 e. The lowest BCUT2D eigenvalue weighted by Crippen LogP contribution is -2.38. The average molecular weight is 406 g/mol. The monoisotopic (exact) mass is 406 g/mol. The minimum Gasteiger partial charge on any atom is -0.435 e. The molecular weight excluding hydrogens is 384 g/mol. The van der Waals surface area contributed by atoms with Gasteiger partial charge in [0.25, 0.3) is 0 Å². The summed E-state index contributed by atoms with van der Waals surface area (Å²) in [5.41, 5.74) is 0.388. The zero-order valence-electron chi connectivity index (χ0n) is 16.4. The molecule has 0 bridgehead atoms. The van der Waals surface area contributed by atoms with Gasteiger partial charge in [-0.3, -0.25) is 10.1 Å². The number of piperidine rings is 1. The third kappa shape index (κ3) is 4.70. The molecule has 156 valence electrons. The lowest BCUT2D eigenvalue weighted by Gasteiger charge is -2.31. The summed E-state index contributed by atoms with van der Waals surface area (Å²) in [6, 6.07) is 1.66. The Morgan fingerprint density at radius 1 is 1.34 bits per heavy atom. The predicted molar refractivity (Wildman–Crippen MR) is 100 cm³/mol. The maximum absolute atomic E-state index is 11.8. The van der Waals surface area contributed by atoms with Crippen LogP contribution in [0.4, 0.5) is 16.3 Å². The van der Waals surface area contributed by atoms with Crippen LogP contribution in [0.1, 0.15) is 25.5 Å². The molecular formula is C17H22N6O6. The molecule has 2 aromatic heterocycles. The van der Waals surface area contributed by atoms with Gasteiger partial charge in [0.1, 0.15) is 12.4 Å². The zero-order chi connectivity index (χ0) is 21.0. The van der Waals surface area contributed by atoms with E-state index >= 15 is 0 Å². The van der Waals surface area contributed by atoms with E-state index < -0.39 is 11.1 Å². The third-order valence-corrected chi connectivity index (χ3v) is 4.38. The highest BCUT2D eigenvalue weighted by molar-refractivity contribution is 5.63. The van der Waals surface area contributed by atoms with Crippen LogP contribution >= 0.6 is 0 Å². The molecule has 1 fully saturated rings. The Kier molecular flexibility index (Phi) is 6.10. The second-order valence-corrected chi connectivity index (χ2v) is 6.45. The van der Waals surface area contributed by atoms with Gasteiger partial charge in [0.2, 0.25) is 11.7 Å². The minimum atomic E-state index is -0.707. The highest BCUT2D eigenvalue weighted by atomic mass is 16.7. The van der Waals surface area contributed by atoms with Gasteiger partial charge in [-0.15, -0.1) is 0 Å². The summed E-state index contributed by atoms with van der Waals surface area (Å²) < 4.78 is 17.1. The Morgan fingerprint density at radius 3 is 2.66 bits per heavy atom. The smallest absolute Gasteiger partial charge is 0.435 e. The Bertz CT molecular complexity index is 893. The van der Waals surface area contributed by atoms with Crippen molar-refractivity contribution in [3.63, 3.8) is 0 Å². The average Bonchev–Trinajstić information content (AvgIpc) is 2.99. The molecule has 12 nitrogen and oxygen atoms in total. The first-order valence-electron chi connectivity index (χ1n) is 9.15. The first-order valence-corrected chi connectivity index (χ1v) is 9.15. The molecule has 3 heterocycles. The number of anilines is 1. The third-order valence-electron chi connectivity index (χ3n) is 4.38. The first kappa shape index (κ1) is 20.3. The normalized spacial score (nSPS) is 14.5. The molecule has 3 rings (SSSR count). The van der Waals surface area contributed by atoms with E-state index in [1.54, 1.807) is 31.9 Å². The molecule has 1 saturated heterocycles. The fraction of sp³-hybridized carbons (Fsp3) is 0.529. The maximum Gasteiger partial charge on any atom is 0.508 e. The van der Waals surface area contributed by atoms with Crippen molar-refractivity contribution in [1.82, 2.24) is 19.7 Å². The van der Waals surface area contributed by atoms with Crippen molar-refractivity contribution in [2.24, 2.45) is 7.05 Å². The summed E-state index contributed by atoms with van der Waals surface area (Å²) in [5, 5.41) is 15.9. The van der Waals surface area contributed by atoms with Crippen LogP contribution in [0.3, 0.4) is 0 Å². The second-order valence-electron chi connectivity index (χ2n) is 6.45. The number of aromatic nitrogens is 4. The number of hydrogen-bond acceptors (Lipinski definition) is 10.